The smallest absolute Gasteiger partial charge is 0.481 e. The van der Waals surface area contributed by atoms with Crippen LogP contribution in [-0.2, 0) is 11.2 Å². The Labute approximate surface area is 98.4 Å². The number of aliphatic carboxylic acids is 1. The van der Waals surface area contributed by atoms with Crippen molar-refractivity contribution in [3.63, 3.8) is 0 Å². The molecule has 0 bridgehead atoms. The number of nitrogens with two attached hydrogens (primary N) is 1. The first-order chi connectivity index (χ1) is 8.24. The molecule has 0 spiro atoms. The molecule has 1 aromatic rings. The first-order valence-electron chi connectivity index (χ1n) is 4.39. The van der Waals surface area contributed by atoms with Crippen molar-refractivity contribution in [2.24, 2.45) is 0 Å². The van der Waals surface area contributed by atoms with Crippen LogP contribution in [0.25, 0.3) is 0 Å². The third kappa shape index (κ3) is 3.24. The molecule has 0 aromatic carbocycles. The van der Waals surface area contributed by atoms with Gasteiger partial charge in [0.15, 0.2) is 11.6 Å². The molecular weight excluding hydrogens is 255 g/mol. The van der Waals surface area contributed by atoms with Crippen molar-refractivity contribution in [1.82, 2.24) is 4.98 Å². The molecule has 0 amide bonds. The van der Waals surface area contributed by atoms with Gasteiger partial charge >= 0.3 is 12.3 Å². The van der Waals surface area contributed by atoms with Gasteiger partial charge in [-0.2, -0.15) is 5.26 Å². The largest absolute Gasteiger partial charge is 0.573 e. The number of ether oxygens (including phenoxy) is 1. The molecule has 6 nitrogen and oxygen atoms in total. The van der Waals surface area contributed by atoms with Crippen LogP contribution in [0.4, 0.5) is 19.0 Å². The molecule has 3 N–H and O–H groups in total. The van der Waals surface area contributed by atoms with Crippen molar-refractivity contribution in [1.29, 1.82) is 5.26 Å². The minimum Gasteiger partial charge on any atom is -0.481 e. The number of rotatable bonds is 3. The zero-order valence-electron chi connectivity index (χ0n) is 8.65. The number of alkyl halides is 3. The number of carboxylic acid groups (broad SMARTS) is 1. The number of hydrogen-bond donors (Lipinski definition) is 2. The number of aromatic nitrogens is 1. The lowest BCUT2D eigenvalue weighted by atomic mass is 10.1. The maximum absolute atomic E-state index is 12.1. The topological polar surface area (TPSA) is 109 Å². The van der Waals surface area contributed by atoms with E-state index in [1.807, 2.05) is 0 Å². The van der Waals surface area contributed by atoms with E-state index >= 15 is 0 Å². The fourth-order valence-electron chi connectivity index (χ4n) is 1.18. The molecule has 18 heavy (non-hydrogen) atoms. The van der Waals surface area contributed by atoms with Gasteiger partial charge in [-0.25, -0.2) is 4.98 Å². The standard InChI is InChI=1S/C9H6F3N3O3/c10-9(11,12)18-7-5(2-13)4(1-6(16)17)3-15-8(7)14/h3H,1H2,(H2,14,15)(H,16,17). The van der Waals surface area contributed by atoms with E-state index in [4.69, 9.17) is 16.1 Å². The third-order valence-electron chi connectivity index (χ3n) is 1.81. The minimum atomic E-state index is -5.05. The number of halogens is 3. The molecule has 0 aliphatic heterocycles. The monoisotopic (exact) mass is 261 g/mol. The Kier molecular flexibility index (Phi) is 3.61. The molecule has 9 heteroatoms. The second-order valence-corrected chi connectivity index (χ2v) is 3.10. The molecule has 0 fully saturated rings. The highest BCUT2D eigenvalue weighted by Crippen LogP contribution is 2.32. The second kappa shape index (κ2) is 4.79. The van der Waals surface area contributed by atoms with Gasteiger partial charge in [-0.15, -0.1) is 13.2 Å². The van der Waals surface area contributed by atoms with Gasteiger partial charge in [-0.05, 0) is 0 Å². The summed E-state index contributed by atoms with van der Waals surface area (Å²) >= 11 is 0. The molecule has 0 unspecified atom stereocenters. The molecule has 96 valence electrons. The Morgan fingerprint density at radius 3 is 2.67 bits per heavy atom. The SMILES string of the molecule is N#Cc1c(CC(=O)O)cnc(N)c1OC(F)(F)F. The molecule has 1 aromatic heterocycles. The van der Waals surface area contributed by atoms with Gasteiger partial charge in [-0.1, -0.05) is 0 Å². The normalized spacial score (nSPS) is 10.8. The number of hydrogen-bond acceptors (Lipinski definition) is 5. The van der Waals surface area contributed by atoms with Crippen LogP contribution in [0.3, 0.4) is 0 Å². The number of carbonyl (C=O) groups is 1. The van der Waals surface area contributed by atoms with E-state index in [2.05, 4.69) is 9.72 Å². The highest BCUT2D eigenvalue weighted by molar-refractivity contribution is 5.73. The van der Waals surface area contributed by atoms with Crippen LogP contribution in [0.2, 0.25) is 0 Å². The average Bonchev–Trinajstić information content (AvgIpc) is 2.20. The van der Waals surface area contributed by atoms with Crippen LogP contribution < -0.4 is 10.5 Å². The number of pyridine rings is 1. The van der Waals surface area contributed by atoms with Crippen LogP contribution in [0, 0.1) is 11.3 Å². The van der Waals surface area contributed by atoms with Crippen LogP contribution in [-0.4, -0.2) is 22.4 Å². The summed E-state index contributed by atoms with van der Waals surface area (Å²) in [5.41, 5.74) is 4.36. The van der Waals surface area contributed by atoms with Crippen LogP contribution >= 0.6 is 0 Å². The number of anilines is 1. The summed E-state index contributed by atoms with van der Waals surface area (Å²) in [6.07, 6.45) is -4.79. The molecular formula is C9H6F3N3O3. The Bertz CT molecular complexity index is 522. The van der Waals surface area contributed by atoms with E-state index < -0.39 is 35.9 Å². The number of nitrogen functional groups attached to an aromatic ring is 1. The summed E-state index contributed by atoms with van der Waals surface area (Å²) in [6.45, 7) is 0. The predicted molar refractivity (Wildman–Crippen MR) is 51.4 cm³/mol. The fraction of sp³-hybridized carbons (Fsp3) is 0.222. The first-order valence-corrected chi connectivity index (χ1v) is 4.39. The van der Waals surface area contributed by atoms with Crippen LogP contribution in [0.5, 0.6) is 5.75 Å². The van der Waals surface area contributed by atoms with E-state index in [1.54, 1.807) is 0 Å². The molecule has 0 atom stereocenters. The number of nitriles is 1. The van der Waals surface area contributed by atoms with Gasteiger partial charge in [0.2, 0.25) is 0 Å². The third-order valence-corrected chi connectivity index (χ3v) is 1.81. The Hall–Kier alpha value is -2.50. The maximum Gasteiger partial charge on any atom is 0.573 e. The summed E-state index contributed by atoms with van der Waals surface area (Å²) in [4.78, 5) is 13.9. The second-order valence-electron chi connectivity index (χ2n) is 3.10. The van der Waals surface area contributed by atoms with E-state index in [0.29, 0.717) is 0 Å². The maximum atomic E-state index is 12.1. The summed E-state index contributed by atoms with van der Waals surface area (Å²) in [5, 5.41) is 17.3. The molecule has 1 rings (SSSR count). The van der Waals surface area contributed by atoms with Crippen molar-refractivity contribution in [2.75, 3.05) is 5.73 Å². The van der Waals surface area contributed by atoms with Crippen LogP contribution in [0.1, 0.15) is 11.1 Å². The van der Waals surface area contributed by atoms with E-state index in [0.717, 1.165) is 6.20 Å². The minimum absolute atomic E-state index is 0.210. The lowest BCUT2D eigenvalue weighted by Gasteiger charge is -2.13. The van der Waals surface area contributed by atoms with Crippen LogP contribution in [0.15, 0.2) is 6.20 Å². The van der Waals surface area contributed by atoms with E-state index in [1.165, 1.54) is 6.07 Å². The Morgan fingerprint density at radius 2 is 2.22 bits per heavy atom. The fourth-order valence-corrected chi connectivity index (χ4v) is 1.18. The molecule has 0 saturated carbocycles. The average molecular weight is 261 g/mol. The lowest BCUT2D eigenvalue weighted by Crippen LogP contribution is -2.20. The number of carboxylic acids is 1. The van der Waals surface area contributed by atoms with Gasteiger partial charge in [-0.3, -0.25) is 4.79 Å². The molecule has 1 heterocycles. The van der Waals surface area contributed by atoms with E-state index in [9.17, 15) is 18.0 Å². The molecule has 0 aliphatic carbocycles. The molecule has 0 saturated heterocycles. The van der Waals surface area contributed by atoms with Crippen molar-refractivity contribution < 1.29 is 27.8 Å². The Morgan fingerprint density at radius 1 is 1.61 bits per heavy atom. The summed E-state index contributed by atoms with van der Waals surface area (Å²) < 4.78 is 39.9. The highest BCUT2D eigenvalue weighted by atomic mass is 19.4. The van der Waals surface area contributed by atoms with Crippen molar-refractivity contribution in [3.8, 4) is 11.8 Å². The zero-order valence-corrected chi connectivity index (χ0v) is 8.65. The summed E-state index contributed by atoms with van der Waals surface area (Å²) in [7, 11) is 0. The summed E-state index contributed by atoms with van der Waals surface area (Å²) in [5.74, 6) is -2.95. The quantitative estimate of drug-likeness (QED) is 0.841. The van der Waals surface area contributed by atoms with Gasteiger partial charge in [0.1, 0.15) is 11.6 Å². The van der Waals surface area contributed by atoms with E-state index in [-0.39, 0.29) is 5.56 Å². The zero-order chi connectivity index (χ0) is 13.9. The lowest BCUT2D eigenvalue weighted by molar-refractivity contribution is -0.274. The molecule has 0 aliphatic rings. The van der Waals surface area contributed by atoms with Gasteiger partial charge in [0.05, 0.1) is 6.42 Å². The highest BCUT2D eigenvalue weighted by Gasteiger charge is 2.34. The first kappa shape index (κ1) is 13.6. The van der Waals surface area contributed by atoms with Crippen molar-refractivity contribution in [2.45, 2.75) is 12.8 Å². The Balaban J connectivity index is 3.31. The predicted octanol–water partition coefficient (Wildman–Crippen LogP) is 1.06. The summed E-state index contributed by atoms with van der Waals surface area (Å²) in [6, 6.07) is 1.42. The van der Waals surface area contributed by atoms with Gasteiger partial charge < -0.3 is 15.6 Å². The van der Waals surface area contributed by atoms with Gasteiger partial charge in [0, 0.05) is 11.8 Å². The van der Waals surface area contributed by atoms with Crippen molar-refractivity contribution >= 4 is 11.8 Å². The number of nitrogens with zero attached hydrogens (tertiary/aromatic N) is 2. The van der Waals surface area contributed by atoms with Gasteiger partial charge in [0.25, 0.3) is 0 Å². The van der Waals surface area contributed by atoms with Crippen molar-refractivity contribution in [3.05, 3.63) is 17.3 Å². The molecule has 0 radical (unpaired) electrons.